The lowest BCUT2D eigenvalue weighted by Gasteiger charge is -2.09. The summed E-state index contributed by atoms with van der Waals surface area (Å²) in [7, 11) is 0. The number of nitrogens with one attached hydrogen (secondary N) is 1. The van der Waals surface area contributed by atoms with Crippen molar-refractivity contribution < 1.29 is 0 Å². The van der Waals surface area contributed by atoms with Gasteiger partial charge in [0.1, 0.15) is 11.8 Å². The average Bonchev–Trinajstić information content (AvgIpc) is 2.26. The first-order chi connectivity index (χ1) is 6.77. The van der Waals surface area contributed by atoms with Crippen LogP contribution in [0.5, 0.6) is 0 Å². The van der Waals surface area contributed by atoms with Gasteiger partial charge in [0, 0.05) is 24.3 Å². The molecule has 1 rings (SSSR count). The third-order valence-electron chi connectivity index (χ3n) is 1.97. The van der Waals surface area contributed by atoms with Crippen molar-refractivity contribution in [1.29, 1.82) is 5.26 Å². The first-order valence-electron chi connectivity index (χ1n) is 4.48. The van der Waals surface area contributed by atoms with E-state index in [4.69, 9.17) is 5.26 Å². The zero-order chi connectivity index (χ0) is 10.4. The van der Waals surface area contributed by atoms with E-state index in [9.17, 15) is 0 Å². The molecule has 0 radical (unpaired) electrons. The highest BCUT2D eigenvalue weighted by atomic mass is 14.9. The van der Waals surface area contributed by atoms with Crippen LogP contribution in [0.25, 0.3) is 0 Å². The van der Waals surface area contributed by atoms with Crippen LogP contribution < -0.4 is 5.32 Å². The molecule has 0 saturated heterocycles. The highest BCUT2D eigenvalue weighted by Crippen LogP contribution is 2.03. The van der Waals surface area contributed by atoms with Crippen LogP contribution in [0.4, 0.5) is 0 Å². The number of nitrogens with zero attached hydrogens (tertiary/aromatic N) is 2. The predicted octanol–water partition coefficient (Wildman–Crippen LogP) is 1.62. The molecule has 1 unspecified atom stereocenters. The number of rotatable bonds is 4. The van der Waals surface area contributed by atoms with E-state index in [2.05, 4.69) is 22.9 Å². The molecule has 0 amide bonds. The Morgan fingerprint density at radius 3 is 3.21 bits per heavy atom. The van der Waals surface area contributed by atoms with Crippen molar-refractivity contribution in [3.8, 4) is 6.07 Å². The second-order valence-electron chi connectivity index (χ2n) is 3.03. The lowest BCUT2D eigenvalue weighted by Crippen LogP contribution is -2.23. The van der Waals surface area contributed by atoms with Gasteiger partial charge in [-0.15, -0.1) is 6.58 Å². The van der Waals surface area contributed by atoms with Crippen LogP contribution in [-0.2, 0) is 6.54 Å². The minimum atomic E-state index is 0.238. The summed E-state index contributed by atoms with van der Waals surface area (Å²) in [6, 6.07) is 6.03. The van der Waals surface area contributed by atoms with Crippen molar-refractivity contribution in [2.24, 2.45) is 0 Å². The van der Waals surface area contributed by atoms with Crippen molar-refractivity contribution in [3.05, 3.63) is 42.2 Å². The van der Waals surface area contributed by atoms with Gasteiger partial charge in [-0.05, 0) is 13.0 Å². The van der Waals surface area contributed by atoms with E-state index in [1.807, 2.05) is 25.1 Å². The summed E-state index contributed by atoms with van der Waals surface area (Å²) < 4.78 is 0. The van der Waals surface area contributed by atoms with E-state index >= 15 is 0 Å². The topological polar surface area (TPSA) is 48.7 Å². The molecule has 0 fully saturated rings. The number of pyridine rings is 1. The maximum Gasteiger partial charge on any atom is 0.144 e. The first kappa shape index (κ1) is 10.4. The van der Waals surface area contributed by atoms with Crippen molar-refractivity contribution in [3.63, 3.8) is 0 Å². The van der Waals surface area contributed by atoms with Gasteiger partial charge in [-0.1, -0.05) is 12.1 Å². The van der Waals surface area contributed by atoms with E-state index in [1.54, 1.807) is 6.20 Å². The molecule has 3 nitrogen and oxygen atoms in total. The lowest BCUT2D eigenvalue weighted by atomic mass is 10.2. The van der Waals surface area contributed by atoms with Gasteiger partial charge in [0.05, 0.1) is 0 Å². The summed E-state index contributed by atoms with van der Waals surface area (Å²) in [6.45, 7) is 6.32. The standard InChI is InChI=1S/C11H13N3/c1-3-9(2)14-8-10-5-4-6-13-11(10)7-12/h3-6,9,14H,1,8H2,2H3. The van der Waals surface area contributed by atoms with Crippen LogP contribution in [0, 0.1) is 11.3 Å². The summed E-state index contributed by atoms with van der Waals surface area (Å²) in [5.74, 6) is 0. The Morgan fingerprint density at radius 2 is 2.57 bits per heavy atom. The van der Waals surface area contributed by atoms with Crippen molar-refractivity contribution in [2.75, 3.05) is 0 Å². The normalized spacial score (nSPS) is 11.7. The maximum atomic E-state index is 8.78. The van der Waals surface area contributed by atoms with E-state index < -0.39 is 0 Å². The molecular weight excluding hydrogens is 174 g/mol. The second kappa shape index (κ2) is 5.15. The fourth-order valence-corrected chi connectivity index (χ4v) is 1.04. The van der Waals surface area contributed by atoms with Crippen LogP contribution in [0.15, 0.2) is 31.0 Å². The SMILES string of the molecule is C=CC(C)NCc1cccnc1C#N. The fourth-order valence-electron chi connectivity index (χ4n) is 1.04. The molecule has 3 heteroatoms. The molecule has 0 aliphatic heterocycles. The minimum absolute atomic E-state index is 0.238. The van der Waals surface area contributed by atoms with Gasteiger partial charge in [-0.3, -0.25) is 0 Å². The average molecular weight is 187 g/mol. The Kier molecular flexibility index (Phi) is 3.84. The molecular formula is C11H13N3. The Bertz CT molecular complexity index is 352. The molecule has 1 aromatic heterocycles. The zero-order valence-electron chi connectivity index (χ0n) is 8.20. The quantitative estimate of drug-likeness (QED) is 0.728. The second-order valence-corrected chi connectivity index (χ2v) is 3.03. The molecule has 0 aliphatic carbocycles. The first-order valence-corrected chi connectivity index (χ1v) is 4.48. The van der Waals surface area contributed by atoms with Gasteiger partial charge < -0.3 is 5.32 Å². The molecule has 1 N–H and O–H groups in total. The fraction of sp³-hybridized carbons (Fsp3) is 0.273. The van der Waals surface area contributed by atoms with Crippen LogP contribution in [0.2, 0.25) is 0 Å². The molecule has 1 atom stereocenters. The van der Waals surface area contributed by atoms with E-state index in [0.29, 0.717) is 12.2 Å². The molecule has 72 valence electrons. The van der Waals surface area contributed by atoms with Crippen LogP contribution in [-0.4, -0.2) is 11.0 Å². The van der Waals surface area contributed by atoms with E-state index in [-0.39, 0.29) is 6.04 Å². The molecule has 14 heavy (non-hydrogen) atoms. The number of aromatic nitrogens is 1. The zero-order valence-corrected chi connectivity index (χ0v) is 8.20. The van der Waals surface area contributed by atoms with E-state index in [1.165, 1.54) is 0 Å². The molecule has 0 aliphatic rings. The van der Waals surface area contributed by atoms with Crippen molar-refractivity contribution >= 4 is 0 Å². The summed E-state index contributed by atoms with van der Waals surface area (Å²) in [5, 5.41) is 12.0. The van der Waals surface area contributed by atoms with Gasteiger partial charge in [-0.25, -0.2) is 4.98 Å². The van der Waals surface area contributed by atoms with Gasteiger partial charge in [0.15, 0.2) is 0 Å². The third-order valence-corrected chi connectivity index (χ3v) is 1.97. The molecule has 0 spiro atoms. The lowest BCUT2D eigenvalue weighted by molar-refractivity contribution is 0.632. The third kappa shape index (κ3) is 2.68. The summed E-state index contributed by atoms with van der Waals surface area (Å²) in [5.41, 5.74) is 1.40. The minimum Gasteiger partial charge on any atom is -0.307 e. The van der Waals surface area contributed by atoms with E-state index in [0.717, 1.165) is 5.56 Å². The summed E-state index contributed by atoms with van der Waals surface area (Å²) in [6.07, 6.45) is 3.45. The Balaban J connectivity index is 2.67. The molecule has 1 heterocycles. The predicted molar refractivity (Wildman–Crippen MR) is 55.5 cm³/mol. The van der Waals surface area contributed by atoms with Gasteiger partial charge in [0.25, 0.3) is 0 Å². The number of hydrogen-bond donors (Lipinski definition) is 1. The Labute approximate surface area is 84.1 Å². The van der Waals surface area contributed by atoms with Crippen LogP contribution in [0.3, 0.4) is 0 Å². The van der Waals surface area contributed by atoms with Crippen molar-refractivity contribution in [1.82, 2.24) is 10.3 Å². The highest BCUT2D eigenvalue weighted by molar-refractivity contribution is 5.30. The monoisotopic (exact) mass is 187 g/mol. The maximum absolute atomic E-state index is 8.78. The molecule has 0 saturated carbocycles. The van der Waals surface area contributed by atoms with Gasteiger partial charge >= 0.3 is 0 Å². The molecule has 1 aromatic rings. The molecule has 0 aromatic carbocycles. The largest absolute Gasteiger partial charge is 0.307 e. The van der Waals surface area contributed by atoms with Crippen LogP contribution >= 0.6 is 0 Å². The van der Waals surface area contributed by atoms with Gasteiger partial charge in [-0.2, -0.15) is 5.26 Å². The Morgan fingerprint density at radius 1 is 1.79 bits per heavy atom. The van der Waals surface area contributed by atoms with Gasteiger partial charge in [0.2, 0.25) is 0 Å². The number of hydrogen-bond acceptors (Lipinski definition) is 3. The van der Waals surface area contributed by atoms with Crippen LogP contribution in [0.1, 0.15) is 18.2 Å². The summed E-state index contributed by atoms with van der Waals surface area (Å²) in [4.78, 5) is 3.97. The highest BCUT2D eigenvalue weighted by Gasteiger charge is 2.02. The number of nitriles is 1. The smallest absolute Gasteiger partial charge is 0.144 e. The summed E-state index contributed by atoms with van der Waals surface area (Å²) >= 11 is 0. The molecule has 0 bridgehead atoms. The van der Waals surface area contributed by atoms with Crippen molar-refractivity contribution in [2.45, 2.75) is 19.5 Å². The Hall–Kier alpha value is -1.66.